The summed E-state index contributed by atoms with van der Waals surface area (Å²) >= 11 is 0. The van der Waals surface area contributed by atoms with Crippen LogP contribution in [0.15, 0.2) is 4.79 Å². The number of carbonyl (C=O) groups is 5. The second-order valence-corrected chi connectivity index (χ2v) is 45.3. The zero-order valence-electron chi connectivity index (χ0n) is 87.8. The fourth-order valence-electron chi connectivity index (χ4n) is 20.4. The van der Waals surface area contributed by atoms with Crippen molar-refractivity contribution in [3.63, 3.8) is 0 Å². The van der Waals surface area contributed by atoms with E-state index in [0.29, 0.717) is 40.5 Å². The predicted octanol–water partition coefficient (Wildman–Crippen LogP) is 20.9. The first-order valence-electron chi connectivity index (χ1n) is 46.4. The number of hydrogen-bond donors (Lipinski definition) is 0. The molecule has 0 bridgehead atoms. The van der Waals surface area contributed by atoms with Crippen molar-refractivity contribution in [1.29, 1.82) is 0 Å². The summed E-state index contributed by atoms with van der Waals surface area (Å²) in [5.41, 5.74) is 8.84. The van der Waals surface area contributed by atoms with Crippen LogP contribution < -0.4 is 5.56 Å². The normalized spacial score (nSPS) is 19.5. The molecule has 125 heavy (non-hydrogen) atoms. The summed E-state index contributed by atoms with van der Waals surface area (Å²) in [5, 5.41) is 24.4. The molecule has 0 aromatic carbocycles. The number of nitrogens with zero attached hydrogens (tertiary/aromatic N) is 20. The highest BCUT2D eigenvalue weighted by atomic mass is 16.2. The quantitative estimate of drug-likeness (QED) is 0.110. The van der Waals surface area contributed by atoms with Gasteiger partial charge in [-0.15, -0.1) is 0 Å². The summed E-state index contributed by atoms with van der Waals surface area (Å²) in [7, 11) is 0. The average Bonchev–Trinajstić information content (AvgIpc) is 1.69. The van der Waals surface area contributed by atoms with Crippen molar-refractivity contribution >= 4 is 40.4 Å². The molecule has 0 spiro atoms. The lowest BCUT2D eigenvalue weighted by molar-refractivity contribution is -0.0469. The lowest BCUT2D eigenvalue weighted by Gasteiger charge is -2.55. The third-order valence-electron chi connectivity index (χ3n) is 30.7. The molecule has 700 valence electrons. The maximum absolute atomic E-state index is 13.3. The molecule has 7 aromatic rings. The summed E-state index contributed by atoms with van der Waals surface area (Å²) in [5.74, 6) is 4.21. The highest BCUT2D eigenvalue weighted by Gasteiger charge is 2.61. The third kappa shape index (κ3) is 16.4. The van der Waals surface area contributed by atoms with Crippen LogP contribution in [0.5, 0.6) is 0 Å². The smallest absolute Gasteiger partial charge is 0.292 e. The first kappa shape index (κ1) is 104. The average molecular weight is 1730 g/mol. The summed E-state index contributed by atoms with van der Waals surface area (Å²) in [6, 6.07) is 1.37. The number of carbonyl (C=O) groups excluding carboxylic acids is 5. The van der Waals surface area contributed by atoms with Crippen LogP contribution in [0, 0.1) is 47.0 Å². The second kappa shape index (κ2) is 34.6. The number of aryl methyl sites for hydroxylation is 2. The van der Waals surface area contributed by atoms with Gasteiger partial charge in [0.15, 0.2) is 28.7 Å². The first-order valence-corrected chi connectivity index (χ1v) is 46.4. The number of pyridine rings is 1. The Balaban J connectivity index is 0.000000206. The van der Waals surface area contributed by atoms with Gasteiger partial charge in [0.2, 0.25) is 11.6 Å². The van der Waals surface area contributed by atoms with Gasteiger partial charge < -0.3 is 33.6 Å². The Hall–Kier alpha value is -8.32. The number of aromatic nitrogens is 15. The molecule has 0 N–H and O–H groups in total. The van der Waals surface area contributed by atoms with Gasteiger partial charge in [-0.2, -0.15) is 25.5 Å². The van der Waals surface area contributed by atoms with E-state index < -0.39 is 0 Å². The Labute approximate surface area is 752 Å². The summed E-state index contributed by atoms with van der Waals surface area (Å²) in [6.07, 6.45) is 0. The van der Waals surface area contributed by atoms with Crippen LogP contribution in [0.3, 0.4) is 0 Å². The number of hydrogen-bond acceptors (Lipinski definition) is 14. The van der Waals surface area contributed by atoms with Crippen LogP contribution in [0.1, 0.15) is 476 Å². The minimum absolute atomic E-state index is 0.0237. The Morgan fingerprint density at radius 2 is 0.640 bits per heavy atom. The van der Waals surface area contributed by atoms with Gasteiger partial charge in [0.25, 0.3) is 35.1 Å². The van der Waals surface area contributed by atoms with E-state index in [0.717, 1.165) is 73.6 Å². The molecule has 0 fully saturated rings. The molecular weight excluding hydrogens is 1570 g/mol. The van der Waals surface area contributed by atoms with E-state index in [1.807, 2.05) is 115 Å². The van der Waals surface area contributed by atoms with Gasteiger partial charge >= 0.3 is 0 Å². The van der Waals surface area contributed by atoms with Gasteiger partial charge in [-0.05, 0) is 294 Å². The molecule has 0 saturated carbocycles. The van der Waals surface area contributed by atoms with E-state index in [-0.39, 0.29) is 156 Å². The molecular formula is C99H168N20O6. The van der Waals surface area contributed by atoms with Gasteiger partial charge in [-0.25, -0.2) is 24.3 Å². The molecule has 0 saturated heterocycles. The molecule has 0 atom stereocenters. The van der Waals surface area contributed by atoms with Crippen LogP contribution in [0.4, 0.5) is 0 Å². The Kier molecular flexibility index (Phi) is 28.7. The molecule has 0 unspecified atom stereocenters. The second-order valence-electron chi connectivity index (χ2n) is 45.3. The maximum Gasteiger partial charge on any atom is 0.292 e. The molecule has 5 aliphatic rings. The van der Waals surface area contributed by atoms with Crippen LogP contribution in [-0.4, -0.2) is 185 Å². The fraction of sp³-hybridized carbons (Fsp3) is 0.758. The third-order valence-corrected chi connectivity index (χ3v) is 30.7. The predicted molar refractivity (Wildman–Crippen MR) is 508 cm³/mol. The first-order chi connectivity index (χ1) is 56.4. The molecule has 5 aliphatic heterocycles. The van der Waals surface area contributed by atoms with Crippen LogP contribution in [-0.2, 0) is 27.6 Å². The maximum atomic E-state index is 13.3. The highest BCUT2D eigenvalue weighted by molar-refractivity contribution is 5.98. The zero-order chi connectivity index (χ0) is 96.9. The number of imidazole rings is 1. The van der Waals surface area contributed by atoms with Crippen LogP contribution in [0.25, 0.3) is 10.9 Å². The van der Waals surface area contributed by atoms with E-state index in [9.17, 15) is 28.8 Å². The Morgan fingerprint density at radius 1 is 0.280 bits per heavy atom. The van der Waals surface area contributed by atoms with Crippen LogP contribution in [0.2, 0.25) is 0 Å². The SMILES string of the molecule is CC(C)c1nc2n(n1)C(C)(C)C(C)(C)C(C)(C)N(C(C)C)C2=O.CC(C)c1nc2n(n1)C(C)(C)C(C)(C)N(C(C)C)C2=O.Cc1c(C(C)C)nc2n1C(C)(C)C(C)(C)N(C(C)C)C2=O.Cc1c(C(C)C)nn2c1C(=O)N(C(C)C)C(C)(C)C2(C)C.Cc1c(C)n(C(C)C)c(=O)c2nn(C(C)C)c(C)c12.Cc1c2c(nn1C(C)C)C(=O)N(C(C)C)C(C)(C)C2(C)C. The van der Waals surface area contributed by atoms with Crippen LogP contribution >= 0.6 is 0 Å². The van der Waals surface area contributed by atoms with Gasteiger partial charge in [0.1, 0.15) is 5.69 Å². The minimum atomic E-state index is -0.342. The molecule has 7 aromatic heterocycles. The Bertz CT molecular complexity index is 5140. The number of fused-ring (bicyclic) bond motifs is 6. The van der Waals surface area contributed by atoms with E-state index in [1.165, 1.54) is 0 Å². The van der Waals surface area contributed by atoms with E-state index in [1.54, 1.807) is 0 Å². The molecule has 0 aliphatic carbocycles. The number of amides is 5. The molecule has 26 heteroatoms. The minimum Gasteiger partial charge on any atom is -0.329 e. The Morgan fingerprint density at radius 3 is 1.02 bits per heavy atom. The summed E-state index contributed by atoms with van der Waals surface area (Å²) in [6.45, 7) is 110. The molecule has 12 rings (SSSR count). The van der Waals surface area contributed by atoms with Gasteiger partial charge in [0.05, 0.1) is 50.2 Å². The standard InChI is InChI=1S/C18H32N4O.3C17H29N3O.C15H26N4O.C15H23N3O/c1-11(2)13-19-14-15(23)21(12(3)4)17(7,8)16(5,6)18(9,10)22(14)20-13;1-10(2)19-15(21)14-13(16(6,7)17(19,8)9)12(5)20(18-14)11(3)4;1-10(2)13-12(5)20-14(18-13)15(21)19(11(3)4)16(6,7)17(20,8)9;1-10(2)13-12(5)14-15(21)19(11(3)4)16(6,7)17(8,9)20(14)18-13;1-9(2)11-16-12-13(20)18(10(3)4)14(5,6)15(7,8)19(12)17-11;1-8(2)17-11(6)10(5)13-12(7)18(9(3)4)16-14(13)15(17)19/h11-12H,1-10H3;3*10-11H,1-9H3;9-10H,1-8H3;8-9H,1-7H3. The van der Waals surface area contributed by atoms with Crippen molar-refractivity contribution in [3.8, 4) is 0 Å². The lowest BCUT2D eigenvalue weighted by Crippen LogP contribution is -2.67. The molecule has 0 radical (unpaired) electrons. The topological polar surface area (TPSA) is 256 Å². The largest absolute Gasteiger partial charge is 0.329 e. The molecule has 12 heterocycles. The number of rotatable bonds is 12. The van der Waals surface area contributed by atoms with Crippen molar-refractivity contribution in [2.45, 2.75) is 487 Å². The monoisotopic (exact) mass is 1730 g/mol. The fourth-order valence-corrected chi connectivity index (χ4v) is 20.4. The highest BCUT2D eigenvalue weighted by Crippen LogP contribution is 2.53. The zero-order valence-corrected chi connectivity index (χ0v) is 87.8. The van der Waals surface area contributed by atoms with Gasteiger partial charge in [0, 0.05) is 121 Å². The summed E-state index contributed by atoms with van der Waals surface area (Å²) in [4.78, 5) is 101. The summed E-state index contributed by atoms with van der Waals surface area (Å²) < 4.78 is 13.6. The molecule has 5 amide bonds. The van der Waals surface area contributed by atoms with Crippen molar-refractivity contribution < 1.29 is 24.0 Å². The van der Waals surface area contributed by atoms with Gasteiger partial charge in [-0.3, -0.25) is 42.8 Å². The van der Waals surface area contributed by atoms with E-state index in [2.05, 4.69) is 328 Å². The van der Waals surface area contributed by atoms with Crippen molar-refractivity contribution in [2.75, 3.05) is 0 Å². The van der Waals surface area contributed by atoms with Crippen molar-refractivity contribution in [2.24, 2.45) is 5.41 Å². The van der Waals surface area contributed by atoms with Crippen molar-refractivity contribution in [3.05, 3.63) is 102 Å². The van der Waals surface area contributed by atoms with E-state index in [4.69, 9.17) is 15.2 Å². The lowest BCUT2D eigenvalue weighted by atomic mass is 9.62. The van der Waals surface area contributed by atoms with E-state index >= 15 is 0 Å². The molecule has 26 nitrogen and oxygen atoms in total. The van der Waals surface area contributed by atoms with Gasteiger partial charge in [-0.1, -0.05) is 83.1 Å². The van der Waals surface area contributed by atoms with Crippen molar-refractivity contribution in [1.82, 2.24) is 97.5 Å².